The Balaban J connectivity index is 1.36. The zero-order valence-electron chi connectivity index (χ0n) is 15.3. The molecule has 2 N–H and O–H groups in total. The highest BCUT2D eigenvalue weighted by molar-refractivity contribution is 5.95. The number of carbonyl (C=O) groups excluding carboxylic acids is 2. The molecular formula is C20H22N2O5. The van der Waals surface area contributed by atoms with Gasteiger partial charge in [-0.2, -0.15) is 0 Å². The highest BCUT2D eigenvalue weighted by Crippen LogP contribution is 2.32. The van der Waals surface area contributed by atoms with Gasteiger partial charge < -0.3 is 24.8 Å². The third-order valence-electron chi connectivity index (χ3n) is 4.22. The monoisotopic (exact) mass is 370 g/mol. The molecule has 0 fully saturated rings. The predicted octanol–water partition coefficient (Wildman–Crippen LogP) is 1.96. The van der Waals surface area contributed by atoms with Crippen molar-refractivity contribution in [3.63, 3.8) is 0 Å². The third-order valence-corrected chi connectivity index (χ3v) is 4.22. The first-order chi connectivity index (χ1) is 13.0. The summed E-state index contributed by atoms with van der Waals surface area (Å²) in [7, 11) is 0. The van der Waals surface area contributed by atoms with Gasteiger partial charge in [0.25, 0.3) is 11.8 Å². The van der Waals surface area contributed by atoms with E-state index in [-0.39, 0.29) is 25.2 Å². The van der Waals surface area contributed by atoms with Crippen molar-refractivity contribution in [3.8, 4) is 17.2 Å². The number of rotatable bonds is 7. The number of hydrogen-bond donors (Lipinski definition) is 2. The SMILES string of the molecule is Cc1ccc(OCC(=O)NCCNC(=O)c2ccc3c(c2)OCO3)cc1C. The largest absolute Gasteiger partial charge is 0.484 e. The maximum Gasteiger partial charge on any atom is 0.258 e. The lowest BCUT2D eigenvalue weighted by molar-refractivity contribution is -0.123. The maximum absolute atomic E-state index is 12.1. The topological polar surface area (TPSA) is 85.9 Å². The Morgan fingerprint density at radius 3 is 2.56 bits per heavy atom. The number of amides is 2. The fourth-order valence-corrected chi connectivity index (χ4v) is 2.52. The first kappa shape index (κ1) is 18.6. The second-order valence-corrected chi connectivity index (χ2v) is 6.21. The van der Waals surface area contributed by atoms with Crippen LogP contribution in [0.3, 0.4) is 0 Å². The molecule has 0 bridgehead atoms. The highest BCUT2D eigenvalue weighted by atomic mass is 16.7. The van der Waals surface area contributed by atoms with Gasteiger partial charge >= 0.3 is 0 Å². The molecule has 2 amide bonds. The Morgan fingerprint density at radius 1 is 0.963 bits per heavy atom. The molecule has 0 saturated heterocycles. The highest BCUT2D eigenvalue weighted by Gasteiger charge is 2.16. The summed E-state index contributed by atoms with van der Waals surface area (Å²) < 4.78 is 15.9. The second kappa shape index (κ2) is 8.44. The fraction of sp³-hybridized carbons (Fsp3) is 0.300. The van der Waals surface area contributed by atoms with Crippen molar-refractivity contribution in [2.24, 2.45) is 0 Å². The van der Waals surface area contributed by atoms with Crippen molar-refractivity contribution in [2.75, 3.05) is 26.5 Å². The zero-order valence-corrected chi connectivity index (χ0v) is 15.3. The number of hydrogen-bond acceptors (Lipinski definition) is 5. The maximum atomic E-state index is 12.1. The average molecular weight is 370 g/mol. The Hall–Kier alpha value is -3.22. The molecule has 0 aromatic heterocycles. The van der Waals surface area contributed by atoms with Gasteiger partial charge in [0.05, 0.1) is 0 Å². The first-order valence-electron chi connectivity index (χ1n) is 8.67. The molecule has 0 atom stereocenters. The van der Waals surface area contributed by atoms with Crippen LogP contribution in [0.5, 0.6) is 17.2 Å². The molecule has 0 radical (unpaired) electrons. The van der Waals surface area contributed by atoms with Crippen molar-refractivity contribution in [2.45, 2.75) is 13.8 Å². The van der Waals surface area contributed by atoms with Gasteiger partial charge in [-0.25, -0.2) is 0 Å². The van der Waals surface area contributed by atoms with Crippen LogP contribution < -0.4 is 24.8 Å². The average Bonchev–Trinajstić information content (AvgIpc) is 3.13. The summed E-state index contributed by atoms with van der Waals surface area (Å²) in [4.78, 5) is 23.9. The smallest absolute Gasteiger partial charge is 0.258 e. The molecule has 7 nitrogen and oxygen atoms in total. The van der Waals surface area contributed by atoms with E-state index in [4.69, 9.17) is 14.2 Å². The molecule has 0 spiro atoms. The molecule has 0 unspecified atom stereocenters. The van der Waals surface area contributed by atoms with Crippen LogP contribution in [0.25, 0.3) is 0 Å². The van der Waals surface area contributed by atoms with Gasteiger partial charge in [0.1, 0.15) is 5.75 Å². The van der Waals surface area contributed by atoms with Gasteiger partial charge in [-0.1, -0.05) is 6.07 Å². The molecule has 1 heterocycles. The van der Waals surface area contributed by atoms with Crippen LogP contribution in [-0.4, -0.2) is 38.3 Å². The summed E-state index contributed by atoms with van der Waals surface area (Å²) in [6, 6.07) is 10.7. The molecule has 2 aromatic carbocycles. The van der Waals surface area contributed by atoms with E-state index in [9.17, 15) is 9.59 Å². The summed E-state index contributed by atoms with van der Waals surface area (Å²) in [6.07, 6.45) is 0. The minimum absolute atomic E-state index is 0.0708. The molecule has 2 aromatic rings. The number of ether oxygens (including phenoxy) is 3. The molecule has 7 heteroatoms. The second-order valence-electron chi connectivity index (χ2n) is 6.21. The van der Waals surface area contributed by atoms with E-state index in [2.05, 4.69) is 10.6 Å². The quantitative estimate of drug-likeness (QED) is 0.728. The minimum Gasteiger partial charge on any atom is -0.484 e. The van der Waals surface area contributed by atoms with E-state index < -0.39 is 0 Å². The normalized spacial score (nSPS) is 11.8. The number of fused-ring (bicyclic) bond motifs is 1. The van der Waals surface area contributed by atoms with Gasteiger partial charge in [-0.15, -0.1) is 0 Å². The molecule has 142 valence electrons. The van der Waals surface area contributed by atoms with Gasteiger partial charge in [-0.05, 0) is 55.3 Å². The molecule has 0 aliphatic carbocycles. The van der Waals surface area contributed by atoms with E-state index in [1.807, 2.05) is 32.0 Å². The molecule has 0 saturated carbocycles. The number of carbonyl (C=O) groups is 2. The van der Waals surface area contributed by atoms with Gasteiger partial charge in [-0.3, -0.25) is 9.59 Å². The van der Waals surface area contributed by atoms with Gasteiger partial charge in [0.15, 0.2) is 18.1 Å². The molecule has 1 aliphatic heterocycles. The van der Waals surface area contributed by atoms with E-state index in [1.165, 1.54) is 5.56 Å². The minimum atomic E-state index is -0.245. The van der Waals surface area contributed by atoms with Crippen LogP contribution in [0, 0.1) is 13.8 Å². The summed E-state index contributed by atoms with van der Waals surface area (Å²) in [5.74, 6) is 1.35. The fourth-order valence-electron chi connectivity index (χ4n) is 2.52. The van der Waals surface area contributed by atoms with Crippen LogP contribution in [-0.2, 0) is 4.79 Å². The lowest BCUT2D eigenvalue weighted by Crippen LogP contribution is -2.36. The van der Waals surface area contributed by atoms with Crippen LogP contribution >= 0.6 is 0 Å². The van der Waals surface area contributed by atoms with E-state index in [0.717, 1.165) is 5.56 Å². The third kappa shape index (κ3) is 4.91. The summed E-state index contributed by atoms with van der Waals surface area (Å²) in [5, 5.41) is 5.45. The number of benzene rings is 2. The Morgan fingerprint density at radius 2 is 1.74 bits per heavy atom. The van der Waals surface area contributed by atoms with Crippen molar-refractivity contribution < 1.29 is 23.8 Å². The van der Waals surface area contributed by atoms with Crippen LogP contribution in [0.1, 0.15) is 21.5 Å². The van der Waals surface area contributed by atoms with Crippen molar-refractivity contribution in [3.05, 3.63) is 53.1 Å². The molecular weight excluding hydrogens is 348 g/mol. The predicted molar refractivity (Wildman–Crippen MR) is 99.3 cm³/mol. The van der Waals surface area contributed by atoms with Crippen LogP contribution in [0.2, 0.25) is 0 Å². The Bertz CT molecular complexity index is 850. The number of aryl methyl sites for hydroxylation is 2. The molecule has 27 heavy (non-hydrogen) atoms. The molecule has 3 rings (SSSR count). The summed E-state index contributed by atoms with van der Waals surface area (Å²) in [5.41, 5.74) is 2.76. The Labute approximate surface area is 157 Å². The standard InChI is InChI=1S/C20H22N2O5/c1-13-3-5-16(9-14(13)2)25-11-19(23)21-7-8-22-20(24)15-4-6-17-18(10-15)27-12-26-17/h3-6,9-10H,7-8,11-12H2,1-2H3,(H,21,23)(H,22,24). The number of nitrogens with one attached hydrogen (secondary N) is 2. The molecule has 1 aliphatic rings. The van der Waals surface area contributed by atoms with E-state index in [0.29, 0.717) is 35.9 Å². The van der Waals surface area contributed by atoms with Gasteiger partial charge in [0.2, 0.25) is 6.79 Å². The first-order valence-corrected chi connectivity index (χ1v) is 8.67. The van der Waals surface area contributed by atoms with Crippen LogP contribution in [0.4, 0.5) is 0 Å². The van der Waals surface area contributed by atoms with Crippen molar-refractivity contribution in [1.29, 1.82) is 0 Å². The zero-order chi connectivity index (χ0) is 19.2. The Kier molecular flexibility index (Phi) is 5.80. The van der Waals surface area contributed by atoms with E-state index >= 15 is 0 Å². The lowest BCUT2D eigenvalue weighted by Gasteiger charge is -2.10. The lowest BCUT2D eigenvalue weighted by atomic mass is 10.1. The summed E-state index contributed by atoms with van der Waals surface area (Å²) in [6.45, 7) is 4.72. The summed E-state index contributed by atoms with van der Waals surface area (Å²) >= 11 is 0. The van der Waals surface area contributed by atoms with Gasteiger partial charge in [0, 0.05) is 18.7 Å². The van der Waals surface area contributed by atoms with Crippen LogP contribution in [0.15, 0.2) is 36.4 Å². The van der Waals surface area contributed by atoms with E-state index in [1.54, 1.807) is 18.2 Å². The van der Waals surface area contributed by atoms with Crippen molar-refractivity contribution >= 4 is 11.8 Å². The van der Waals surface area contributed by atoms with Crippen molar-refractivity contribution in [1.82, 2.24) is 10.6 Å².